The monoisotopic (exact) mass is 226 g/mol. The van der Waals surface area contributed by atoms with Gasteiger partial charge in [-0.05, 0) is 18.8 Å². The van der Waals surface area contributed by atoms with Crippen molar-refractivity contribution in [3.8, 4) is 0 Å². The van der Waals surface area contributed by atoms with Crippen molar-refractivity contribution in [3.63, 3.8) is 0 Å². The molecule has 4 heterocycles. The van der Waals surface area contributed by atoms with E-state index in [0.29, 0.717) is 24.2 Å². The second kappa shape index (κ2) is 3.42. The lowest BCUT2D eigenvalue weighted by atomic mass is 9.82. The van der Waals surface area contributed by atoms with E-state index in [1.807, 2.05) is 0 Å². The van der Waals surface area contributed by atoms with Gasteiger partial charge in [0.05, 0.1) is 50.3 Å². The summed E-state index contributed by atoms with van der Waals surface area (Å²) in [4.78, 5) is 0. The van der Waals surface area contributed by atoms with Gasteiger partial charge < -0.3 is 18.9 Å². The first-order valence-corrected chi connectivity index (χ1v) is 6.33. The maximum absolute atomic E-state index is 5.78. The Hall–Kier alpha value is -0.160. The Morgan fingerprint density at radius 3 is 1.81 bits per heavy atom. The van der Waals surface area contributed by atoms with E-state index in [4.69, 9.17) is 18.9 Å². The topological polar surface area (TPSA) is 50.1 Å². The van der Waals surface area contributed by atoms with Crippen LogP contribution in [0.25, 0.3) is 0 Å². The van der Waals surface area contributed by atoms with Crippen LogP contribution < -0.4 is 0 Å². The van der Waals surface area contributed by atoms with Crippen molar-refractivity contribution < 1.29 is 18.9 Å². The van der Waals surface area contributed by atoms with Gasteiger partial charge in [-0.15, -0.1) is 0 Å². The summed E-state index contributed by atoms with van der Waals surface area (Å²) in [5.74, 6) is 0.608. The van der Waals surface area contributed by atoms with Crippen LogP contribution in [0.1, 0.15) is 19.3 Å². The number of ether oxygens (including phenoxy) is 4. The third-order valence-corrected chi connectivity index (χ3v) is 4.13. The minimum Gasteiger partial charge on any atom is -0.373 e. The van der Waals surface area contributed by atoms with E-state index in [1.54, 1.807) is 0 Å². The molecule has 4 nitrogen and oxygen atoms in total. The van der Waals surface area contributed by atoms with Crippen LogP contribution in [-0.2, 0) is 18.9 Å². The molecule has 4 fully saturated rings. The maximum atomic E-state index is 5.78. The third-order valence-electron chi connectivity index (χ3n) is 4.13. The van der Waals surface area contributed by atoms with Crippen molar-refractivity contribution in [1.82, 2.24) is 0 Å². The summed E-state index contributed by atoms with van der Waals surface area (Å²) in [7, 11) is 0. The molecule has 4 atom stereocenters. The van der Waals surface area contributed by atoms with E-state index >= 15 is 0 Å². The summed E-state index contributed by atoms with van der Waals surface area (Å²) in [5.41, 5.74) is 0.110. The van der Waals surface area contributed by atoms with Crippen LogP contribution in [0.2, 0.25) is 0 Å². The largest absolute Gasteiger partial charge is 0.373 e. The molecule has 0 N–H and O–H groups in total. The normalized spacial score (nSPS) is 49.9. The summed E-state index contributed by atoms with van der Waals surface area (Å²) in [6.07, 6.45) is 4.82. The van der Waals surface area contributed by atoms with Crippen LogP contribution in [0.5, 0.6) is 0 Å². The van der Waals surface area contributed by atoms with E-state index in [9.17, 15) is 0 Å². The summed E-state index contributed by atoms with van der Waals surface area (Å²) in [6, 6.07) is 0. The molecule has 4 aliphatic heterocycles. The molecule has 0 bridgehead atoms. The van der Waals surface area contributed by atoms with Gasteiger partial charge in [-0.25, -0.2) is 0 Å². The predicted molar refractivity (Wildman–Crippen MR) is 55.2 cm³/mol. The smallest absolute Gasteiger partial charge is 0.0972 e. The summed E-state index contributed by atoms with van der Waals surface area (Å²) >= 11 is 0. The van der Waals surface area contributed by atoms with Crippen LogP contribution >= 0.6 is 0 Å². The molecule has 4 aliphatic rings. The maximum Gasteiger partial charge on any atom is 0.0972 e. The molecule has 0 spiro atoms. The second-order valence-electron chi connectivity index (χ2n) is 5.59. The zero-order valence-electron chi connectivity index (χ0n) is 9.39. The fraction of sp³-hybridized carbons (Fsp3) is 1.00. The average Bonchev–Trinajstić information content (AvgIpc) is 3.06. The highest BCUT2D eigenvalue weighted by molar-refractivity contribution is 5.04. The highest BCUT2D eigenvalue weighted by atomic mass is 16.6. The molecule has 0 amide bonds. The van der Waals surface area contributed by atoms with Crippen LogP contribution in [0.15, 0.2) is 0 Å². The first-order chi connectivity index (χ1) is 7.84. The van der Waals surface area contributed by atoms with Gasteiger partial charge in [0.1, 0.15) is 0 Å². The molecule has 0 saturated carbocycles. The minimum absolute atomic E-state index is 0.110. The zero-order valence-corrected chi connectivity index (χ0v) is 9.39. The van der Waals surface area contributed by atoms with Gasteiger partial charge in [0.15, 0.2) is 0 Å². The molecule has 4 unspecified atom stereocenters. The Labute approximate surface area is 95.2 Å². The molecular formula is C12H18O4. The van der Waals surface area contributed by atoms with Crippen molar-refractivity contribution in [2.24, 2.45) is 5.92 Å². The van der Waals surface area contributed by atoms with Crippen molar-refractivity contribution >= 4 is 0 Å². The van der Waals surface area contributed by atoms with Crippen molar-refractivity contribution in [3.05, 3.63) is 0 Å². The lowest BCUT2D eigenvalue weighted by molar-refractivity contribution is 0.152. The van der Waals surface area contributed by atoms with Crippen LogP contribution in [-0.4, -0.2) is 50.3 Å². The molecule has 16 heavy (non-hydrogen) atoms. The van der Waals surface area contributed by atoms with Gasteiger partial charge in [0.25, 0.3) is 0 Å². The van der Waals surface area contributed by atoms with Crippen LogP contribution in [0.3, 0.4) is 0 Å². The molecule has 0 aliphatic carbocycles. The fourth-order valence-electron chi connectivity index (χ4n) is 2.75. The molecule has 0 aromatic carbocycles. The Balaban J connectivity index is 1.41. The quantitative estimate of drug-likeness (QED) is 0.601. The summed E-state index contributed by atoms with van der Waals surface area (Å²) < 4.78 is 21.8. The van der Waals surface area contributed by atoms with Crippen LogP contribution in [0, 0.1) is 5.92 Å². The lowest BCUT2D eigenvalue weighted by Gasteiger charge is -2.22. The molecule has 4 heteroatoms. The number of hydrogen-bond donors (Lipinski definition) is 0. The van der Waals surface area contributed by atoms with E-state index in [-0.39, 0.29) is 5.60 Å². The highest BCUT2D eigenvalue weighted by Crippen LogP contribution is 2.48. The van der Waals surface area contributed by atoms with Gasteiger partial charge in [0, 0.05) is 6.42 Å². The lowest BCUT2D eigenvalue weighted by Crippen LogP contribution is -2.29. The van der Waals surface area contributed by atoms with Gasteiger partial charge in [0.2, 0.25) is 0 Å². The average molecular weight is 226 g/mol. The van der Waals surface area contributed by atoms with Gasteiger partial charge in [-0.3, -0.25) is 0 Å². The van der Waals surface area contributed by atoms with E-state index < -0.39 is 0 Å². The molecule has 0 aromatic rings. The zero-order chi connectivity index (χ0) is 10.6. The molecule has 4 saturated heterocycles. The Morgan fingerprint density at radius 2 is 1.44 bits per heavy atom. The third kappa shape index (κ3) is 2.12. The first-order valence-electron chi connectivity index (χ1n) is 6.33. The van der Waals surface area contributed by atoms with Crippen molar-refractivity contribution in [2.75, 3.05) is 26.4 Å². The van der Waals surface area contributed by atoms with Gasteiger partial charge >= 0.3 is 0 Å². The first kappa shape index (κ1) is 9.83. The van der Waals surface area contributed by atoms with Crippen LogP contribution in [0.4, 0.5) is 0 Å². The molecule has 0 aromatic heterocycles. The van der Waals surface area contributed by atoms with E-state index in [1.165, 1.54) is 0 Å². The van der Waals surface area contributed by atoms with Gasteiger partial charge in [-0.2, -0.15) is 0 Å². The number of rotatable bonds is 7. The minimum atomic E-state index is 0.110. The molecule has 0 radical (unpaired) electrons. The SMILES string of the molecule is C1OC1CC(CC1CO1)C1(CC2CO2)CO1. The highest BCUT2D eigenvalue weighted by Gasteiger charge is 2.56. The Kier molecular flexibility index (Phi) is 2.10. The summed E-state index contributed by atoms with van der Waals surface area (Å²) in [6.45, 7) is 3.73. The number of epoxide rings is 4. The molecular weight excluding hydrogens is 208 g/mol. The summed E-state index contributed by atoms with van der Waals surface area (Å²) in [5, 5.41) is 0. The van der Waals surface area contributed by atoms with Crippen molar-refractivity contribution in [2.45, 2.75) is 43.2 Å². The Morgan fingerprint density at radius 1 is 0.938 bits per heavy atom. The second-order valence-corrected chi connectivity index (χ2v) is 5.59. The fourth-order valence-corrected chi connectivity index (χ4v) is 2.75. The standard InChI is InChI=1S/C12H18O4/c1(9-4-13-9)8(2-10-5-14-10)12(7-16-12)3-11-6-15-11/h8-11H,1-7H2. The predicted octanol–water partition coefficient (Wildman–Crippen LogP) is 0.738. The van der Waals surface area contributed by atoms with E-state index in [2.05, 4.69) is 0 Å². The molecule has 4 rings (SSSR count). The molecule has 90 valence electrons. The van der Waals surface area contributed by atoms with Gasteiger partial charge in [-0.1, -0.05) is 0 Å². The number of hydrogen-bond acceptors (Lipinski definition) is 4. The Bertz CT molecular complexity index is 263. The van der Waals surface area contributed by atoms with E-state index in [0.717, 1.165) is 45.7 Å². The van der Waals surface area contributed by atoms with Crippen molar-refractivity contribution in [1.29, 1.82) is 0 Å².